The highest BCUT2D eigenvalue weighted by Gasteiger charge is 2.11. The number of aliphatic hydroxyl groups is 1. The van der Waals surface area contributed by atoms with E-state index in [4.69, 9.17) is 21.4 Å². The first-order valence-corrected chi connectivity index (χ1v) is 5.03. The van der Waals surface area contributed by atoms with E-state index in [1.807, 2.05) is 0 Å². The molecule has 0 fully saturated rings. The maximum atomic E-state index is 10.8. The average Bonchev–Trinajstić information content (AvgIpc) is 2.33. The van der Waals surface area contributed by atoms with Crippen molar-refractivity contribution in [2.24, 2.45) is 0 Å². The van der Waals surface area contributed by atoms with Crippen LogP contribution >= 0.6 is 11.6 Å². The number of carbonyl (C=O) groups excluding carboxylic acids is 1. The Balaban J connectivity index is 0.00000106. The molecule has 5 nitrogen and oxygen atoms in total. The van der Waals surface area contributed by atoms with Crippen molar-refractivity contribution in [1.82, 2.24) is 9.97 Å². The Morgan fingerprint density at radius 2 is 2.31 bits per heavy atom. The van der Waals surface area contributed by atoms with Gasteiger partial charge in [0.25, 0.3) is 0 Å². The molecular weight excluding hydrogens is 232 g/mol. The number of hydrogen-bond acceptors (Lipinski definition) is 5. The van der Waals surface area contributed by atoms with Crippen molar-refractivity contribution in [1.29, 1.82) is 0 Å². The Hall–Kier alpha value is -1.04. The van der Waals surface area contributed by atoms with Crippen molar-refractivity contribution in [3.05, 3.63) is 23.2 Å². The van der Waals surface area contributed by atoms with Crippen molar-refractivity contribution >= 4 is 17.9 Å². The van der Waals surface area contributed by atoms with Crippen molar-refractivity contribution in [2.75, 3.05) is 20.8 Å². The number of nitrogens with zero attached hydrogens (tertiary/aromatic N) is 2. The predicted octanol–water partition coefficient (Wildman–Crippen LogP) is 1.06. The van der Waals surface area contributed by atoms with E-state index in [1.165, 1.54) is 6.20 Å². The maximum Gasteiger partial charge on any atom is 0.222 e. The fourth-order valence-electron chi connectivity index (χ4n) is 1.08. The van der Waals surface area contributed by atoms with Gasteiger partial charge in [-0.15, -0.1) is 0 Å². The van der Waals surface area contributed by atoms with E-state index in [1.54, 1.807) is 13.2 Å². The van der Waals surface area contributed by atoms with Crippen LogP contribution in [0.2, 0.25) is 5.28 Å². The Bertz CT molecular complexity index is 310. The number of carbonyl (C=O) groups is 1. The van der Waals surface area contributed by atoms with Gasteiger partial charge in [-0.25, -0.2) is 9.97 Å². The second-order valence-electron chi connectivity index (χ2n) is 2.77. The minimum Gasteiger partial charge on any atom is -0.400 e. The molecule has 0 amide bonds. The topological polar surface area (TPSA) is 72.3 Å². The molecule has 1 rings (SSSR count). The molecule has 1 atom stereocenters. The summed E-state index contributed by atoms with van der Waals surface area (Å²) >= 11 is 5.61. The second-order valence-corrected chi connectivity index (χ2v) is 3.11. The molecule has 1 aromatic heterocycles. The first kappa shape index (κ1) is 15.0. The van der Waals surface area contributed by atoms with Gasteiger partial charge in [-0.05, 0) is 24.1 Å². The zero-order valence-electron chi connectivity index (χ0n) is 9.26. The van der Waals surface area contributed by atoms with Crippen molar-refractivity contribution in [2.45, 2.75) is 12.3 Å². The zero-order valence-corrected chi connectivity index (χ0v) is 10.0. The van der Waals surface area contributed by atoms with Crippen LogP contribution < -0.4 is 0 Å². The number of methoxy groups -OCH3 is 1. The summed E-state index contributed by atoms with van der Waals surface area (Å²) in [7, 11) is 2.59. The first-order chi connectivity index (χ1) is 7.77. The molecule has 0 saturated heterocycles. The molecule has 0 aliphatic carbocycles. The van der Waals surface area contributed by atoms with E-state index in [-0.39, 0.29) is 11.2 Å². The summed E-state index contributed by atoms with van der Waals surface area (Å²) < 4.78 is 4.89. The fraction of sp³-hybridized carbons (Fsp3) is 0.500. The SMILES string of the molecule is CO.COCCC(C=O)c1ccnc(Cl)n1. The molecule has 0 saturated carbocycles. The first-order valence-electron chi connectivity index (χ1n) is 4.65. The number of aldehydes is 1. The second kappa shape index (κ2) is 9.21. The van der Waals surface area contributed by atoms with Crippen LogP contribution in [-0.4, -0.2) is 42.2 Å². The largest absolute Gasteiger partial charge is 0.400 e. The van der Waals surface area contributed by atoms with Crippen LogP contribution in [0.3, 0.4) is 0 Å². The molecular formula is C10H15ClN2O3. The lowest BCUT2D eigenvalue weighted by Gasteiger charge is -2.08. The molecule has 0 spiro atoms. The monoisotopic (exact) mass is 246 g/mol. The fourth-order valence-corrected chi connectivity index (χ4v) is 1.24. The average molecular weight is 247 g/mol. The highest BCUT2D eigenvalue weighted by atomic mass is 35.5. The van der Waals surface area contributed by atoms with Crippen molar-refractivity contribution in [3.63, 3.8) is 0 Å². The van der Waals surface area contributed by atoms with E-state index in [0.717, 1.165) is 13.4 Å². The van der Waals surface area contributed by atoms with Gasteiger partial charge in [0.05, 0.1) is 11.6 Å². The molecule has 1 heterocycles. The Morgan fingerprint density at radius 1 is 1.62 bits per heavy atom. The van der Waals surface area contributed by atoms with Gasteiger partial charge in [0.15, 0.2) is 0 Å². The molecule has 16 heavy (non-hydrogen) atoms. The van der Waals surface area contributed by atoms with Crippen LogP contribution in [0.15, 0.2) is 12.3 Å². The number of rotatable bonds is 5. The van der Waals surface area contributed by atoms with E-state index in [9.17, 15) is 4.79 Å². The smallest absolute Gasteiger partial charge is 0.222 e. The summed E-state index contributed by atoms with van der Waals surface area (Å²) in [6.45, 7) is 0.519. The van der Waals surface area contributed by atoms with Crippen molar-refractivity contribution < 1.29 is 14.6 Å². The molecule has 0 aliphatic rings. The van der Waals surface area contributed by atoms with E-state index in [2.05, 4.69) is 9.97 Å². The van der Waals surface area contributed by atoms with Crippen LogP contribution in [0.5, 0.6) is 0 Å². The number of halogens is 1. The van der Waals surface area contributed by atoms with Crippen LogP contribution in [-0.2, 0) is 9.53 Å². The Morgan fingerprint density at radius 3 is 2.81 bits per heavy atom. The summed E-state index contributed by atoms with van der Waals surface area (Å²) in [6, 6.07) is 1.68. The molecule has 0 radical (unpaired) electrons. The maximum absolute atomic E-state index is 10.8. The summed E-state index contributed by atoms with van der Waals surface area (Å²) in [6.07, 6.45) is 2.99. The summed E-state index contributed by atoms with van der Waals surface area (Å²) in [4.78, 5) is 18.5. The highest BCUT2D eigenvalue weighted by molar-refractivity contribution is 6.28. The molecule has 1 aromatic rings. The summed E-state index contributed by atoms with van der Waals surface area (Å²) in [5.74, 6) is -0.268. The van der Waals surface area contributed by atoms with Gasteiger partial charge < -0.3 is 14.6 Å². The van der Waals surface area contributed by atoms with Crippen molar-refractivity contribution in [3.8, 4) is 0 Å². The zero-order chi connectivity index (χ0) is 12.4. The Kier molecular flexibility index (Phi) is 8.61. The van der Waals surface area contributed by atoms with Crippen LogP contribution in [0.4, 0.5) is 0 Å². The number of aromatic nitrogens is 2. The van der Waals surface area contributed by atoms with Gasteiger partial charge in [-0.1, -0.05) is 0 Å². The summed E-state index contributed by atoms with van der Waals surface area (Å²) in [5, 5.41) is 7.16. The number of aliphatic hydroxyl groups excluding tert-OH is 1. The van der Waals surface area contributed by atoms with Gasteiger partial charge >= 0.3 is 0 Å². The van der Waals surface area contributed by atoms with Crippen LogP contribution in [0, 0.1) is 0 Å². The standard InChI is InChI=1S/C9H11ClN2O2.CH4O/c1-14-5-3-7(6-13)8-2-4-11-9(10)12-8;1-2/h2,4,6-7H,3,5H2,1H3;2H,1H3. The highest BCUT2D eigenvalue weighted by Crippen LogP contribution is 2.15. The van der Waals surface area contributed by atoms with Gasteiger partial charge in [0.1, 0.15) is 6.29 Å². The molecule has 6 heteroatoms. The van der Waals surface area contributed by atoms with Gasteiger partial charge in [-0.3, -0.25) is 0 Å². The molecule has 0 aliphatic heterocycles. The predicted molar refractivity (Wildman–Crippen MR) is 60.5 cm³/mol. The Labute approximate surface area is 99.4 Å². The number of ether oxygens (including phenoxy) is 1. The molecule has 90 valence electrons. The lowest BCUT2D eigenvalue weighted by molar-refractivity contribution is -0.109. The van der Waals surface area contributed by atoms with E-state index in [0.29, 0.717) is 18.7 Å². The van der Waals surface area contributed by atoms with Crippen LogP contribution in [0.25, 0.3) is 0 Å². The van der Waals surface area contributed by atoms with Gasteiger partial charge in [0.2, 0.25) is 5.28 Å². The molecule has 1 unspecified atom stereocenters. The minimum atomic E-state index is -0.268. The minimum absolute atomic E-state index is 0.159. The van der Waals surface area contributed by atoms with Gasteiger partial charge in [-0.2, -0.15) is 0 Å². The normalized spacial score (nSPS) is 11.2. The quantitative estimate of drug-likeness (QED) is 0.621. The van der Waals surface area contributed by atoms with Crippen LogP contribution in [0.1, 0.15) is 18.0 Å². The third-order valence-electron chi connectivity index (χ3n) is 1.82. The third kappa shape index (κ3) is 5.16. The molecule has 0 aromatic carbocycles. The molecule has 1 N–H and O–H groups in total. The lowest BCUT2D eigenvalue weighted by Crippen LogP contribution is -2.06. The number of hydrogen-bond donors (Lipinski definition) is 1. The summed E-state index contributed by atoms with van der Waals surface area (Å²) in [5.41, 5.74) is 0.636. The third-order valence-corrected chi connectivity index (χ3v) is 2.01. The van der Waals surface area contributed by atoms with E-state index < -0.39 is 0 Å². The lowest BCUT2D eigenvalue weighted by atomic mass is 10.0. The molecule has 0 bridgehead atoms. The van der Waals surface area contributed by atoms with E-state index >= 15 is 0 Å². The van der Waals surface area contributed by atoms with Gasteiger partial charge in [0, 0.05) is 27.0 Å².